The van der Waals surface area contributed by atoms with Gasteiger partial charge in [0.15, 0.2) is 0 Å². The average Bonchev–Trinajstić information content (AvgIpc) is 1.64. The lowest BCUT2D eigenvalue weighted by molar-refractivity contribution is 1.18. The molecule has 9 heteroatoms. The molecule has 0 saturated heterocycles. The van der Waals surface area contributed by atoms with Crippen molar-refractivity contribution in [2.75, 3.05) is 19.6 Å². The molecule has 8 heterocycles. The molecule has 4 aliphatic heterocycles. The summed E-state index contributed by atoms with van der Waals surface area (Å²) in [7, 11) is 0. The van der Waals surface area contributed by atoms with Gasteiger partial charge in [-0.15, -0.1) is 0 Å². The Morgan fingerprint density at radius 1 is 0.171 bits per heavy atom. The van der Waals surface area contributed by atoms with E-state index in [0.717, 1.165) is 146 Å². The first kappa shape index (κ1) is 67.9. The molecule has 19 aromatic carbocycles. The fraction of sp³-hybridized carbons (Fsp3) is 0. The highest BCUT2D eigenvalue weighted by molar-refractivity contribution is 7.01. The smallest absolute Gasteiger partial charge is 0.252 e. The summed E-state index contributed by atoms with van der Waals surface area (Å²) < 4.78 is 7.62. The Morgan fingerprint density at radius 2 is 0.431 bits per heavy atom. The van der Waals surface area contributed by atoms with Crippen molar-refractivity contribution in [2.45, 2.75) is 0 Å². The van der Waals surface area contributed by atoms with Crippen LogP contribution in [0.15, 0.2) is 431 Å². The Kier molecular flexibility index (Phi) is 14.5. The van der Waals surface area contributed by atoms with Gasteiger partial charge in [-0.25, -0.2) is 0 Å². The van der Waals surface area contributed by atoms with Crippen LogP contribution in [0.5, 0.6) is 0 Å². The molecule has 0 fully saturated rings. The van der Waals surface area contributed by atoms with Gasteiger partial charge in [-0.3, -0.25) is 0 Å². The molecule has 0 N–H and O–H groups in total. The zero-order chi connectivity index (χ0) is 80.2. The number of benzene rings is 19. The second kappa shape index (κ2) is 26.2. The van der Waals surface area contributed by atoms with Crippen molar-refractivity contribution in [3.63, 3.8) is 0 Å². The van der Waals surface area contributed by atoms with Crippen LogP contribution in [0.2, 0.25) is 0 Å². The Hall–Kier alpha value is -16.1. The van der Waals surface area contributed by atoms with E-state index < -0.39 is 0 Å². The van der Waals surface area contributed by atoms with Crippen LogP contribution >= 0.6 is 0 Å². The summed E-state index contributed by atoms with van der Waals surface area (Å²) in [6.45, 7) is -0.436. The van der Waals surface area contributed by atoms with E-state index in [0.29, 0.717) is 0 Å². The minimum absolute atomic E-state index is 0.218. The zero-order valence-corrected chi connectivity index (χ0v) is 66.8. The molecule has 0 atom stereocenters. The summed E-state index contributed by atoms with van der Waals surface area (Å²) in [5.41, 5.74) is 40.8. The van der Waals surface area contributed by atoms with E-state index in [9.17, 15) is 0 Å². The number of nitrogens with zero attached hydrogens (tertiary/aromatic N) is 7. The van der Waals surface area contributed by atoms with Crippen molar-refractivity contribution in [1.29, 1.82) is 0 Å². The SMILES string of the molecule is c1ccc(-c2cccc(-c3ccccc3)c2N2c3cc4c(cc3B3c5cc6c7cccc8c9cc%10c(cc9n(c6cc5N(c5ccccc5)c5cccc2c53)c78)N(c2ccccc2)c2cccc3c2B%10c2cc5c6ccccc6n(-c6ccccc6)c5cc2N3c2c(-c3ccccc3)cccc2-c2ccccc2)c2ccccc2n4-c2ccccc2)cc1. The van der Waals surface area contributed by atoms with Gasteiger partial charge in [0, 0.05) is 134 Å². The molecular weight excluding hydrogens is 1490 g/mol. The Labute approximate surface area is 711 Å². The molecule has 123 heavy (non-hydrogen) atoms. The first-order valence-electron chi connectivity index (χ1n) is 42.7. The predicted molar refractivity (Wildman–Crippen MR) is 520 cm³/mol. The molecule has 7 nitrogen and oxygen atoms in total. The molecule has 568 valence electrons. The Morgan fingerprint density at radius 3 is 0.780 bits per heavy atom. The minimum atomic E-state index is -0.218. The first-order valence-corrected chi connectivity index (χ1v) is 42.7. The summed E-state index contributed by atoms with van der Waals surface area (Å²) in [4.78, 5) is 10.5. The van der Waals surface area contributed by atoms with Crippen LogP contribution in [0, 0.1) is 0 Å². The first-order chi connectivity index (χ1) is 61.1. The third-order valence-electron chi connectivity index (χ3n) is 27.0. The van der Waals surface area contributed by atoms with Gasteiger partial charge in [0.05, 0.1) is 50.0 Å². The van der Waals surface area contributed by atoms with Crippen LogP contribution in [0.1, 0.15) is 0 Å². The van der Waals surface area contributed by atoms with Crippen LogP contribution in [-0.2, 0) is 0 Å². The van der Waals surface area contributed by atoms with E-state index in [1.54, 1.807) is 0 Å². The Bertz CT molecular complexity index is 7720. The lowest BCUT2D eigenvalue weighted by Gasteiger charge is -2.45. The zero-order valence-electron chi connectivity index (χ0n) is 66.8. The molecule has 0 spiro atoms. The number of hydrogen-bond acceptors (Lipinski definition) is 4. The van der Waals surface area contributed by atoms with Crippen molar-refractivity contribution >= 4 is 196 Å². The van der Waals surface area contributed by atoms with E-state index in [2.05, 4.69) is 464 Å². The molecule has 27 rings (SSSR count). The maximum Gasteiger partial charge on any atom is 0.252 e. The average molecular weight is 1560 g/mol. The van der Waals surface area contributed by atoms with E-state index in [4.69, 9.17) is 0 Å². The topological polar surface area (TPSA) is 27.2 Å². The van der Waals surface area contributed by atoms with Gasteiger partial charge in [-0.05, 0) is 164 Å². The largest absolute Gasteiger partial charge is 0.311 e. The molecule has 23 aromatic rings. The van der Waals surface area contributed by atoms with Crippen LogP contribution < -0.4 is 52.4 Å². The molecule has 0 aliphatic carbocycles. The van der Waals surface area contributed by atoms with Gasteiger partial charge < -0.3 is 33.1 Å². The number of rotatable bonds is 10. The van der Waals surface area contributed by atoms with Crippen LogP contribution in [-0.4, -0.2) is 27.0 Å². The number of para-hydroxylation sites is 9. The predicted octanol–water partition coefficient (Wildman–Crippen LogP) is 25.9. The van der Waals surface area contributed by atoms with Gasteiger partial charge in [0.1, 0.15) is 0 Å². The fourth-order valence-electron chi connectivity index (χ4n) is 22.1. The molecule has 4 aromatic heterocycles. The molecule has 0 saturated carbocycles. The lowest BCUT2D eigenvalue weighted by atomic mass is 9.33. The van der Waals surface area contributed by atoms with Gasteiger partial charge in [0.25, 0.3) is 13.4 Å². The van der Waals surface area contributed by atoms with E-state index in [1.807, 2.05) is 0 Å². The second-order valence-electron chi connectivity index (χ2n) is 33.3. The number of fused-ring (bicyclic) bond motifs is 20. The van der Waals surface area contributed by atoms with E-state index in [-0.39, 0.29) is 13.4 Å². The summed E-state index contributed by atoms with van der Waals surface area (Å²) in [5, 5.41) is 9.73. The molecule has 0 unspecified atom stereocenters. The van der Waals surface area contributed by atoms with Crippen LogP contribution in [0.3, 0.4) is 0 Å². The molecule has 0 radical (unpaired) electrons. The van der Waals surface area contributed by atoms with Gasteiger partial charge >= 0.3 is 0 Å². The molecule has 0 amide bonds. The third-order valence-corrected chi connectivity index (χ3v) is 27.0. The van der Waals surface area contributed by atoms with Crippen molar-refractivity contribution in [3.05, 3.63) is 431 Å². The molecular formula is C114H71B2N7. The van der Waals surface area contributed by atoms with Gasteiger partial charge in [-0.1, -0.05) is 322 Å². The van der Waals surface area contributed by atoms with Crippen molar-refractivity contribution in [3.8, 4) is 55.9 Å². The quantitative estimate of drug-likeness (QED) is 0.128. The molecule has 0 bridgehead atoms. The summed E-state index contributed by atoms with van der Waals surface area (Å²) in [5.74, 6) is 0. The number of anilines is 12. The highest BCUT2D eigenvalue weighted by Gasteiger charge is 2.48. The monoisotopic (exact) mass is 1560 g/mol. The van der Waals surface area contributed by atoms with E-state index in [1.165, 1.54) is 92.4 Å². The van der Waals surface area contributed by atoms with Gasteiger partial charge in [-0.2, -0.15) is 0 Å². The third kappa shape index (κ3) is 9.67. The maximum absolute atomic E-state index is 2.65. The number of hydrogen-bond donors (Lipinski definition) is 0. The fourth-order valence-corrected chi connectivity index (χ4v) is 22.1. The summed E-state index contributed by atoms with van der Waals surface area (Å²) in [6, 6.07) is 162. The van der Waals surface area contributed by atoms with Crippen molar-refractivity contribution < 1.29 is 0 Å². The Balaban J connectivity index is 0.737. The van der Waals surface area contributed by atoms with Crippen LogP contribution in [0.25, 0.3) is 138 Å². The van der Waals surface area contributed by atoms with Crippen molar-refractivity contribution in [2.24, 2.45) is 0 Å². The number of aromatic nitrogens is 3. The summed E-state index contributed by atoms with van der Waals surface area (Å²) >= 11 is 0. The van der Waals surface area contributed by atoms with E-state index >= 15 is 0 Å². The molecule has 4 aliphatic rings. The minimum Gasteiger partial charge on any atom is -0.311 e. The maximum atomic E-state index is 2.65. The highest BCUT2D eigenvalue weighted by Crippen LogP contribution is 2.56. The van der Waals surface area contributed by atoms with Crippen molar-refractivity contribution in [1.82, 2.24) is 13.5 Å². The second-order valence-corrected chi connectivity index (χ2v) is 33.3. The highest BCUT2D eigenvalue weighted by atomic mass is 15.2. The normalized spacial score (nSPS) is 13.1. The standard InChI is InChI=1S/C114H71B2N7/c1-9-34-72(35-10-1)80-52-29-53-81(73-36-11-2-12-37-73)112(80)121-100-62-32-60-98-110(100)115(94-64-88-84-50-25-27-58-96(84)117(102(88)68-108(94)121)76-42-17-5-18-43-76)92-66-90-86-56-31-57-87-91-67-93-107(71-105(91)123(114(86)87)104(90)70-106(92)119(98)78-46-21-7-22-47-78)120(79-48-23-8-24-49-79)99-61-33-63-101-111(99)116(93)95-65-89-85-51-26-28-59-97(85)118(77-44-19-6-20-45-77)103(89)69-109(95)122(101)113-82(74-38-13-3-14-39-74)54-30-55-83(113)75-40-15-4-16-41-75/h1-71H. The summed E-state index contributed by atoms with van der Waals surface area (Å²) in [6.07, 6.45) is 0. The van der Waals surface area contributed by atoms with Crippen LogP contribution in [0.4, 0.5) is 68.2 Å². The van der Waals surface area contributed by atoms with Gasteiger partial charge in [0.2, 0.25) is 0 Å². The lowest BCUT2D eigenvalue weighted by Crippen LogP contribution is -2.61.